The second kappa shape index (κ2) is 3.28. The number of fused-ring (bicyclic) bond motifs is 1. The molecule has 0 radical (unpaired) electrons. The van der Waals surface area contributed by atoms with E-state index in [4.69, 9.17) is 20.3 Å². The van der Waals surface area contributed by atoms with E-state index in [1.165, 1.54) is 6.07 Å². The first-order valence-corrected chi connectivity index (χ1v) is 5.05. The number of amidine groups is 1. The molecule has 2 bridgehead atoms. The molecule has 0 saturated heterocycles. The van der Waals surface area contributed by atoms with Crippen molar-refractivity contribution in [1.29, 1.82) is 5.41 Å². The van der Waals surface area contributed by atoms with Crippen molar-refractivity contribution in [2.45, 2.75) is 6.18 Å². The van der Waals surface area contributed by atoms with Crippen molar-refractivity contribution in [2.75, 3.05) is 0 Å². The largest absolute Gasteiger partial charge is 0.450 e. The lowest BCUT2D eigenvalue weighted by Gasteiger charge is -2.11. The topological polar surface area (TPSA) is 84.6 Å². The smallest absolute Gasteiger partial charge is 0.421 e. The summed E-state index contributed by atoms with van der Waals surface area (Å²) < 4.78 is 47.2. The molecule has 8 heteroatoms. The Morgan fingerprint density at radius 3 is 2.79 bits per heavy atom. The highest BCUT2D eigenvalue weighted by molar-refractivity contribution is 6.17. The average Bonchev–Trinajstić information content (AvgIpc) is 2.91. The van der Waals surface area contributed by atoms with E-state index in [9.17, 15) is 13.2 Å². The number of benzene rings is 1. The molecular formula is C11H6F3N3O2. The Balaban J connectivity index is 1.93. The Morgan fingerprint density at radius 2 is 2.16 bits per heavy atom. The second-order valence-electron chi connectivity index (χ2n) is 3.94. The minimum atomic E-state index is -4.72. The van der Waals surface area contributed by atoms with Gasteiger partial charge in [-0.3, -0.25) is 5.41 Å². The molecule has 5 nitrogen and oxygen atoms in total. The molecule has 0 atom stereocenters. The lowest BCUT2D eigenvalue weighted by molar-refractivity contribution is -0.0868. The molecule has 3 N–H and O–H groups in total. The lowest BCUT2D eigenvalue weighted by atomic mass is 10.2. The summed E-state index contributed by atoms with van der Waals surface area (Å²) in [5.41, 5.74) is 5.55. The zero-order valence-corrected chi connectivity index (χ0v) is 9.26. The van der Waals surface area contributed by atoms with E-state index in [1.54, 1.807) is 0 Å². The first-order chi connectivity index (χ1) is 8.79. The van der Waals surface area contributed by atoms with Crippen LogP contribution in [0.15, 0.2) is 27.6 Å². The maximum atomic E-state index is 12.4. The fourth-order valence-corrected chi connectivity index (χ4v) is 1.76. The van der Waals surface area contributed by atoms with Gasteiger partial charge in [-0.25, -0.2) is 4.99 Å². The van der Waals surface area contributed by atoms with E-state index in [2.05, 4.69) is 11.6 Å². The van der Waals surface area contributed by atoms with Gasteiger partial charge in [0, 0.05) is 0 Å². The maximum Gasteiger partial charge on any atom is 0.421 e. The van der Waals surface area contributed by atoms with Crippen molar-refractivity contribution in [3.63, 3.8) is 0 Å². The van der Waals surface area contributed by atoms with Gasteiger partial charge in [0.25, 0.3) is 0 Å². The summed E-state index contributed by atoms with van der Waals surface area (Å²) in [5.74, 6) is -0.941. The highest BCUT2D eigenvalue weighted by atomic mass is 19.4. The van der Waals surface area contributed by atoms with Crippen LogP contribution in [0.5, 0.6) is 5.75 Å². The number of furan rings is 2. The number of nitrogens with two attached hydrogens (primary N) is 1. The predicted molar refractivity (Wildman–Crippen MR) is 61.3 cm³/mol. The Hall–Kier alpha value is -2.51. The van der Waals surface area contributed by atoms with Crippen LogP contribution in [-0.4, -0.2) is 17.9 Å². The highest BCUT2D eigenvalue weighted by Crippen LogP contribution is 2.48. The van der Waals surface area contributed by atoms with E-state index in [0.29, 0.717) is 11.1 Å². The van der Waals surface area contributed by atoms with Crippen LogP contribution < -0.4 is 10.5 Å². The normalized spacial score (nSPS) is 13.9. The minimum absolute atomic E-state index is 0.0467. The van der Waals surface area contributed by atoms with Gasteiger partial charge >= 0.3 is 6.18 Å². The first kappa shape index (κ1) is 11.6. The molecule has 0 aliphatic carbocycles. The molecule has 19 heavy (non-hydrogen) atoms. The van der Waals surface area contributed by atoms with Gasteiger partial charge < -0.3 is 14.9 Å². The Labute approximate surface area is 104 Å². The predicted octanol–water partition coefficient (Wildman–Crippen LogP) is 2.70. The van der Waals surface area contributed by atoms with Crippen molar-refractivity contribution in [1.82, 2.24) is 0 Å². The number of ether oxygens (including phenoxy) is 1. The lowest BCUT2D eigenvalue weighted by Crippen LogP contribution is -2.22. The Kier molecular flexibility index (Phi) is 2.00. The van der Waals surface area contributed by atoms with Gasteiger partial charge in [0.1, 0.15) is 11.4 Å². The Bertz CT molecular complexity index is 742. The van der Waals surface area contributed by atoms with Crippen LogP contribution in [0, 0.1) is 5.41 Å². The molecule has 3 heterocycles. The average molecular weight is 269 g/mol. The van der Waals surface area contributed by atoms with Crippen LogP contribution >= 0.6 is 0 Å². The Morgan fingerprint density at radius 1 is 1.47 bits per heavy atom. The quantitative estimate of drug-likeness (QED) is 0.649. The monoisotopic (exact) mass is 269 g/mol. The second-order valence-corrected chi connectivity index (χ2v) is 3.94. The van der Waals surface area contributed by atoms with Crippen molar-refractivity contribution in [2.24, 2.45) is 10.7 Å². The number of hydrogen-bond donors (Lipinski definition) is 2. The van der Waals surface area contributed by atoms with E-state index in [1.807, 2.05) is 0 Å². The van der Waals surface area contributed by atoms with Crippen molar-refractivity contribution in [3.8, 4) is 5.75 Å². The third-order valence-electron chi connectivity index (χ3n) is 2.71. The van der Waals surface area contributed by atoms with Gasteiger partial charge in [-0.1, -0.05) is 6.58 Å². The van der Waals surface area contributed by atoms with E-state index >= 15 is 0 Å². The number of halogens is 3. The molecular weight excluding hydrogens is 263 g/mol. The van der Waals surface area contributed by atoms with E-state index in [0.717, 1.165) is 0 Å². The van der Waals surface area contributed by atoms with Crippen LogP contribution in [0.25, 0.3) is 11.2 Å². The van der Waals surface area contributed by atoms with Gasteiger partial charge in [0.15, 0.2) is 16.9 Å². The maximum absolute atomic E-state index is 12.4. The zero-order valence-electron chi connectivity index (χ0n) is 9.26. The molecule has 2 aromatic heterocycles. The SMILES string of the molecule is C=C(C(=N)Oc1c2c3oc1cc3C(N)=N2)C(F)(F)F. The summed E-state index contributed by atoms with van der Waals surface area (Å²) in [6.45, 7) is 2.78. The van der Waals surface area contributed by atoms with Crippen molar-refractivity contribution >= 4 is 28.6 Å². The first-order valence-electron chi connectivity index (χ1n) is 5.05. The number of aliphatic imine (C=N–C) groups is 1. The van der Waals surface area contributed by atoms with Gasteiger partial charge in [-0.15, -0.1) is 0 Å². The van der Waals surface area contributed by atoms with Crippen LogP contribution in [0.2, 0.25) is 0 Å². The molecule has 1 aliphatic heterocycles. The van der Waals surface area contributed by atoms with Gasteiger partial charge in [0.05, 0.1) is 5.56 Å². The van der Waals surface area contributed by atoms with Crippen LogP contribution in [0.1, 0.15) is 5.56 Å². The molecule has 0 aromatic carbocycles. The molecule has 0 fully saturated rings. The minimum Gasteiger partial charge on any atom is -0.450 e. The molecule has 0 unspecified atom stereocenters. The zero-order chi connectivity index (χ0) is 13.9. The van der Waals surface area contributed by atoms with Crippen LogP contribution in [0.4, 0.5) is 18.9 Å². The standard InChI is InChI=1S/C11H6F3N3O2/c1-3(11(12,13)14)10(16)19-8-5-2-4-7(18-5)6(8)17-9(4)15/h2,16H,1H2,(H2,15,17). The number of rotatable bonds is 2. The molecule has 3 rings (SSSR count). The van der Waals surface area contributed by atoms with Gasteiger partial charge in [-0.2, -0.15) is 13.2 Å². The third kappa shape index (κ3) is 1.49. The number of nitrogens with one attached hydrogen (secondary N) is 1. The van der Waals surface area contributed by atoms with Gasteiger partial charge in [-0.05, 0) is 6.07 Å². The molecule has 0 saturated carbocycles. The van der Waals surface area contributed by atoms with E-state index in [-0.39, 0.29) is 22.9 Å². The van der Waals surface area contributed by atoms with Gasteiger partial charge in [0.2, 0.25) is 11.6 Å². The summed E-state index contributed by atoms with van der Waals surface area (Å²) in [4.78, 5) is 3.92. The van der Waals surface area contributed by atoms with Crippen molar-refractivity contribution < 1.29 is 22.3 Å². The summed E-state index contributed by atoms with van der Waals surface area (Å²) in [6.07, 6.45) is -4.72. The molecule has 0 amide bonds. The molecule has 0 spiro atoms. The number of alkyl halides is 3. The highest BCUT2D eigenvalue weighted by Gasteiger charge is 2.38. The molecule has 2 aromatic rings. The summed E-state index contributed by atoms with van der Waals surface area (Å²) in [5, 5.41) is 7.27. The van der Waals surface area contributed by atoms with Crippen LogP contribution in [-0.2, 0) is 0 Å². The van der Waals surface area contributed by atoms with E-state index < -0.39 is 17.6 Å². The summed E-state index contributed by atoms with van der Waals surface area (Å²) in [7, 11) is 0. The fraction of sp³-hybridized carbons (Fsp3) is 0.0909. The van der Waals surface area contributed by atoms with Crippen LogP contribution in [0.3, 0.4) is 0 Å². The fourth-order valence-electron chi connectivity index (χ4n) is 1.76. The van der Waals surface area contributed by atoms with Crippen molar-refractivity contribution in [3.05, 3.63) is 23.8 Å². The summed E-state index contributed by atoms with van der Waals surface area (Å²) in [6, 6.07) is 1.50. The third-order valence-corrected chi connectivity index (χ3v) is 2.71. The molecule has 1 aliphatic rings. The molecule has 98 valence electrons. The number of hydrogen-bond acceptors (Lipinski definition) is 5. The number of nitrogens with zero attached hydrogens (tertiary/aromatic N) is 1. The summed E-state index contributed by atoms with van der Waals surface area (Å²) >= 11 is 0.